The van der Waals surface area contributed by atoms with Gasteiger partial charge in [0.1, 0.15) is 10.3 Å². The third-order valence-corrected chi connectivity index (χ3v) is 1.65. The Morgan fingerprint density at radius 2 is 2.07 bits per heavy atom. The van der Waals surface area contributed by atoms with Crippen molar-refractivity contribution in [3.8, 4) is 0 Å². The number of hydrogen-bond donors (Lipinski definition) is 2. The molecule has 0 aliphatic rings. The second kappa shape index (κ2) is 5.09. The van der Waals surface area contributed by atoms with Crippen LogP contribution in [0.5, 0.6) is 0 Å². The van der Waals surface area contributed by atoms with Crippen molar-refractivity contribution in [3.63, 3.8) is 0 Å². The number of pyridine rings is 1. The summed E-state index contributed by atoms with van der Waals surface area (Å²) in [5.41, 5.74) is 8.27. The van der Waals surface area contributed by atoms with E-state index in [-0.39, 0.29) is 5.11 Å². The van der Waals surface area contributed by atoms with Gasteiger partial charge in [-0.1, -0.05) is 23.2 Å². The highest BCUT2D eigenvalue weighted by atomic mass is 35.5. The summed E-state index contributed by atoms with van der Waals surface area (Å²) in [5, 5.41) is 4.43. The van der Waals surface area contributed by atoms with E-state index in [1.54, 1.807) is 12.1 Å². The number of nitrogens with zero attached hydrogens (tertiary/aromatic N) is 2. The van der Waals surface area contributed by atoms with E-state index >= 15 is 0 Å². The molecule has 1 aromatic heterocycles. The van der Waals surface area contributed by atoms with Gasteiger partial charge in [-0.25, -0.2) is 4.98 Å². The first-order valence-corrected chi connectivity index (χ1v) is 4.66. The molecule has 4 nitrogen and oxygen atoms in total. The number of hydrazone groups is 1. The first-order valence-electron chi connectivity index (χ1n) is 3.49. The Kier molecular flexibility index (Phi) is 4.06. The van der Waals surface area contributed by atoms with Crippen molar-refractivity contribution in [2.24, 2.45) is 10.8 Å². The van der Waals surface area contributed by atoms with E-state index in [4.69, 9.17) is 28.9 Å². The summed E-state index contributed by atoms with van der Waals surface area (Å²) in [6, 6.07) is 3.22. The molecule has 0 aliphatic heterocycles. The summed E-state index contributed by atoms with van der Waals surface area (Å²) in [5.74, 6) is 0. The average molecular weight is 249 g/mol. The minimum atomic E-state index is 0.0903. The lowest BCUT2D eigenvalue weighted by Crippen LogP contribution is -2.23. The van der Waals surface area contributed by atoms with Crippen molar-refractivity contribution < 1.29 is 0 Å². The van der Waals surface area contributed by atoms with Gasteiger partial charge < -0.3 is 5.73 Å². The first-order chi connectivity index (χ1) is 6.58. The number of nitrogens with two attached hydrogens (primary N) is 1. The van der Waals surface area contributed by atoms with Gasteiger partial charge in [0.15, 0.2) is 5.11 Å². The van der Waals surface area contributed by atoms with E-state index in [9.17, 15) is 0 Å². The Labute approximate surface area is 96.1 Å². The van der Waals surface area contributed by atoms with E-state index in [2.05, 4.69) is 27.7 Å². The van der Waals surface area contributed by atoms with Crippen LogP contribution in [-0.2, 0) is 0 Å². The fraction of sp³-hybridized carbons (Fsp3) is 0. The lowest BCUT2D eigenvalue weighted by molar-refractivity contribution is 1.04. The Morgan fingerprint density at radius 3 is 2.57 bits per heavy atom. The van der Waals surface area contributed by atoms with Crippen molar-refractivity contribution in [1.29, 1.82) is 0 Å². The van der Waals surface area contributed by atoms with Crippen molar-refractivity contribution >= 4 is 46.7 Å². The molecule has 0 fully saturated rings. The molecule has 0 saturated carbocycles. The molecule has 1 heterocycles. The van der Waals surface area contributed by atoms with Crippen LogP contribution in [0, 0.1) is 0 Å². The molecule has 0 aromatic carbocycles. The van der Waals surface area contributed by atoms with Gasteiger partial charge in [-0.3, -0.25) is 5.43 Å². The predicted molar refractivity (Wildman–Crippen MR) is 61.8 cm³/mol. The average Bonchev–Trinajstić information content (AvgIpc) is 2.01. The van der Waals surface area contributed by atoms with Crippen LogP contribution in [0.1, 0.15) is 5.56 Å². The maximum absolute atomic E-state index is 5.66. The molecule has 0 amide bonds. The van der Waals surface area contributed by atoms with Crippen LogP contribution in [0.3, 0.4) is 0 Å². The molecule has 74 valence electrons. The lowest BCUT2D eigenvalue weighted by atomic mass is 10.3. The van der Waals surface area contributed by atoms with Gasteiger partial charge in [0, 0.05) is 5.56 Å². The molecule has 0 radical (unpaired) electrons. The maximum Gasteiger partial charge on any atom is 0.184 e. The van der Waals surface area contributed by atoms with Crippen molar-refractivity contribution in [1.82, 2.24) is 10.4 Å². The van der Waals surface area contributed by atoms with E-state index in [1.807, 2.05) is 0 Å². The topological polar surface area (TPSA) is 63.3 Å². The molecule has 0 saturated heterocycles. The predicted octanol–water partition coefficient (Wildman–Crippen LogP) is 1.56. The summed E-state index contributed by atoms with van der Waals surface area (Å²) in [6.45, 7) is 0. The van der Waals surface area contributed by atoms with Gasteiger partial charge >= 0.3 is 0 Å². The second-order valence-electron chi connectivity index (χ2n) is 2.28. The van der Waals surface area contributed by atoms with Crippen molar-refractivity contribution in [3.05, 3.63) is 28.0 Å². The molecule has 0 atom stereocenters. The highest BCUT2D eigenvalue weighted by Crippen LogP contribution is 2.12. The number of aromatic nitrogens is 1. The van der Waals surface area contributed by atoms with Crippen LogP contribution in [0.15, 0.2) is 17.2 Å². The SMILES string of the molecule is NC(=S)NN=Cc1cc(Cl)nc(Cl)c1. The summed E-state index contributed by atoms with van der Waals surface area (Å²) < 4.78 is 0. The Bertz CT molecular complexity index is 360. The van der Waals surface area contributed by atoms with Crippen LogP contribution in [0.2, 0.25) is 10.3 Å². The van der Waals surface area contributed by atoms with Crippen LogP contribution < -0.4 is 11.2 Å². The van der Waals surface area contributed by atoms with Crippen LogP contribution >= 0.6 is 35.4 Å². The van der Waals surface area contributed by atoms with Gasteiger partial charge in [-0.15, -0.1) is 0 Å². The number of hydrogen-bond acceptors (Lipinski definition) is 3. The minimum absolute atomic E-state index is 0.0903. The summed E-state index contributed by atoms with van der Waals surface area (Å²) in [6.07, 6.45) is 1.48. The van der Waals surface area contributed by atoms with E-state index in [1.165, 1.54) is 6.21 Å². The summed E-state index contributed by atoms with van der Waals surface area (Å²) >= 11 is 15.9. The second-order valence-corrected chi connectivity index (χ2v) is 3.49. The Hall–Kier alpha value is -0.910. The number of thiocarbonyl (C=S) groups is 1. The van der Waals surface area contributed by atoms with Gasteiger partial charge in [-0.2, -0.15) is 5.10 Å². The highest BCUT2D eigenvalue weighted by molar-refractivity contribution is 7.80. The number of rotatable bonds is 2. The van der Waals surface area contributed by atoms with Crippen molar-refractivity contribution in [2.45, 2.75) is 0 Å². The molecule has 3 N–H and O–H groups in total. The Balaban J connectivity index is 2.76. The fourth-order valence-electron chi connectivity index (χ4n) is 0.728. The quantitative estimate of drug-likeness (QED) is 0.361. The summed E-state index contributed by atoms with van der Waals surface area (Å²) in [4.78, 5) is 3.78. The van der Waals surface area contributed by atoms with Gasteiger partial charge in [0.2, 0.25) is 0 Å². The highest BCUT2D eigenvalue weighted by Gasteiger charge is 1.96. The molecule has 0 aliphatic carbocycles. The Morgan fingerprint density at radius 1 is 1.50 bits per heavy atom. The zero-order valence-electron chi connectivity index (χ0n) is 6.87. The van der Waals surface area contributed by atoms with E-state index < -0.39 is 0 Å². The molecular weight excluding hydrogens is 243 g/mol. The molecule has 1 rings (SSSR count). The smallest absolute Gasteiger partial charge is 0.184 e. The molecule has 0 spiro atoms. The molecule has 7 heteroatoms. The zero-order valence-corrected chi connectivity index (χ0v) is 9.20. The monoisotopic (exact) mass is 248 g/mol. The van der Waals surface area contributed by atoms with Crippen LogP contribution in [0.25, 0.3) is 0 Å². The van der Waals surface area contributed by atoms with Crippen LogP contribution in [-0.4, -0.2) is 16.3 Å². The minimum Gasteiger partial charge on any atom is -0.375 e. The van der Waals surface area contributed by atoms with Crippen LogP contribution in [0.4, 0.5) is 0 Å². The van der Waals surface area contributed by atoms with E-state index in [0.717, 1.165) is 0 Å². The molecule has 0 bridgehead atoms. The van der Waals surface area contributed by atoms with E-state index in [0.29, 0.717) is 15.9 Å². The van der Waals surface area contributed by atoms with Gasteiger partial charge in [0.25, 0.3) is 0 Å². The third-order valence-electron chi connectivity index (χ3n) is 1.17. The lowest BCUT2D eigenvalue weighted by Gasteiger charge is -1.96. The zero-order chi connectivity index (χ0) is 10.6. The first kappa shape index (κ1) is 11.2. The van der Waals surface area contributed by atoms with Gasteiger partial charge in [0.05, 0.1) is 6.21 Å². The number of halogens is 2. The molecule has 0 unspecified atom stereocenters. The van der Waals surface area contributed by atoms with Crippen molar-refractivity contribution in [2.75, 3.05) is 0 Å². The molecule has 14 heavy (non-hydrogen) atoms. The standard InChI is InChI=1S/C7H6Cl2N4S/c8-5-1-4(2-6(9)12-5)3-11-13-7(10)14/h1-3H,(H3,10,13,14). The summed E-state index contributed by atoms with van der Waals surface area (Å²) in [7, 11) is 0. The third kappa shape index (κ3) is 3.87. The maximum atomic E-state index is 5.66. The largest absolute Gasteiger partial charge is 0.375 e. The normalized spacial score (nSPS) is 10.4. The number of nitrogens with one attached hydrogen (secondary N) is 1. The fourth-order valence-corrected chi connectivity index (χ4v) is 1.26. The molecule has 1 aromatic rings. The molecular formula is C7H6Cl2N4S. The van der Waals surface area contributed by atoms with Gasteiger partial charge in [-0.05, 0) is 24.4 Å².